The van der Waals surface area contributed by atoms with Crippen LogP contribution in [0.15, 0.2) is 5.10 Å². The highest BCUT2D eigenvalue weighted by Crippen LogP contribution is 2.38. The van der Waals surface area contributed by atoms with Crippen LogP contribution in [-0.4, -0.2) is 21.1 Å². The largest absolute Gasteiger partial charge is 0.250 e. The van der Waals surface area contributed by atoms with Crippen LogP contribution in [0.4, 0.5) is 0 Å². The van der Waals surface area contributed by atoms with E-state index in [1.54, 1.807) is 0 Å². The van der Waals surface area contributed by atoms with Gasteiger partial charge in [-0.15, -0.1) is 0 Å². The number of aromatic nitrogens is 3. The van der Waals surface area contributed by atoms with Crippen LogP contribution in [0.3, 0.4) is 0 Å². The van der Waals surface area contributed by atoms with Gasteiger partial charge in [-0.25, -0.2) is 0 Å². The van der Waals surface area contributed by atoms with E-state index in [1.807, 2.05) is 6.07 Å². The van der Waals surface area contributed by atoms with Crippen molar-refractivity contribution in [3.05, 3.63) is 10.6 Å². The fourth-order valence-corrected chi connectivity index (χ4v) is 1.29. The molecule has 1 aromatic rings. The Hall–Kier alpha value is -1.48. The molecule has 1 fully saturated rings. The van der Waals surface area contributed by atoms with Gasteiger partial charge in [-0.2, -0.15) is 20.1 Å². The average molecular weight is 193 g/mol. The quantitative estimate of drug-likeness (QED) is 0.566. The predicted octanol–water partition coefficient (Wildman–Crippen LogP) is 1.18. The zero-order chi connectivity index (χ0) is 9.26. The monoisotopic (exact) mass is 193 g/mol. The van der Waals surface area contributed by atoms with Crippen molar-refractivity contribution in [2.75, 3.05) is 0 Å². The van der Waals surface area contributed by atoms with Gasteiger partial charge >= 0.3 is 0 Å². The van der Waals surface area contributed by atoms with E-state index in [0.717, 1.165) is 24.9 Å². The van der Waals surface area contributed by atoms with Gasteiger partial charge in [0.1, 0.15) is 12.3 Å². The van der Waals surface area contributed by atoms with Gasteiger partial charge in [0.15, 0.2) is 5.82 Å². The maximum Gasteiger partial charge on any atom is 0.216 e. The van der Waals surface area contributed by atoms with Crippen LogP contribution in [0.2, 0.25) is 0 Å². The summed E-state index contributed by atoms with van der Waals surface area (Å²) in [6.07, 6.45) is 3.40. The van der Waals surface area contributed by atoms with Crippen molar-refractivity contribution in [1.29, 1.82) is 5.26 Å². The molecule has 0 atom stereocenters. The molecule has 0 saturated heterocycles. The van der Waals surface area contributed by atoms with Crippen molar-refractivity contribution in [1.82, 2.24) is 14.9 Å². The van der Waals surface area contributed by atoms with Crippen LogP contribution in [0.5, 0.6) is 0 Å². The van der Waals surface area contributed by atoms with Gasteiger partial charge in [0.05, 0.1) is 0 Å². The smallest absolute Gasteiger partial charge is 0.216 e. The highest BCUT2D eigenvalue weighted by molar-refractivity contribution is 7.71. The fourth-order valence-electron chi connectivity index (χ4n) is 1.10. The standard InChI is InChI=1S/C7H7N5S/c8-3-4-9-12-6(5-1-2-5)10-11-7(12)13/h4-5H,1-2H2,(H,11,13)/b9-4+. The summed E-state index contributed by atoms with van der Waals surface area (Å²) in [6, 6.07) is 1.82. The summed E-state index contributed by atoms with van der Waals surface area (Å²) < 4.78 is 1.95. The molecule has 0 aliphatic heterocycles. The maximum absolute atomic E-state index is 8.32. The topological polar surface area (TPSA) is 69.8 Å². The van der Waals surface area contributed by atoms with Crippen LogP contribution < -0.4 is 0 Å². The number of nitrogens with zero attached hydrogens (tertiary/aromatic N) is 4. The lowest BCUT2D eigenvalue weighted by Crippen LogP contribution is -1.95. The van der Waals surface area contributed by atoms with Crippen molar-refractivity contribution in [3.8, 4) is 6.07 Å². The number of H-pyrrole nitrogens is 1. The van der Waals surface area contributed by atoms with E-state index in [2.05, 4.69) is 15.3 Å². The molecule has 0 bridgehead atoms. The van der Waals surface area contributed by atoms with Gasteiger partial charge in [-0.1, -0.05) is 0 Å². The Bertz CT molecular complexity index is 430. The zero-order valence-electron chi connectivity index (χ0n) is 6.77. The summed E-state index contributed by atoms with van der Waals surface area (Å²) in [5.74, 6) is 1.29. The average Bonchev–Trinajstić information content (AvgIpc) is 2.89. The molecule has 1 N–H and O–H groups in total. The second-order valence-corrected chi connectivity index (χ2v) is 3.23. The lowest BCUT2D eigenvalue weighted by atomic mass is 10.4. The highest BCUT2D eigenvalue weighted by Gasteiger charge is 2.29. The third-order valence-electron chi connectivity index (χ3n) is 1.85. The van der Waals surface area contributed by atoms with Gasteiger partial charge in [-0.3, -0.25) is 5.10 Å². The zero-order valence-corrected chi connectivity index (χ0v) is 7.58. The van der Waals surface area contributed by atoms with E-state index < -0.39 is 0 Å². The van der Waals surface area contributed by atoms with Crippen LogP contribution in [-0.2, 0) is 0 Å². The normalized spacial score (nSPS) is 16.2. The molecule has 0 spiro atoms. The number of hydrogen-bond acceptors (Lipinski definition) is 4. The molecule has 13 heavy (non-hydrogen) atoms. The van der Waals surface area contributed by atoms with Crippen molar-refractivity contribution in [3.63, 3.8) is 0 Å². The minimum Gasteiger partial charge on any atom is -0.250 e. The number of nitrogens with one attached hydrogen (secondary N) is 1. The van der Waals surface area contributed by atoms with E-state index in [4.69, 9.17) is 17.5 Å². The predicted molar refractivity (Wildman–Crippen MR) is 48.9 cm³/mol. The maximum atomic E-state index is 8.32. The Morgan fingerprint density at radius 2 is 2.54 bits per heavy atom. The molecule has 0 amide bonds. The Labute approximate surface area is 79.7 Å². The summed E-state index contributed by atoms with van der Waals surface area (Å²) in [5, 5.41) is 18.9. The van der Waals surface area contributed by atoms with E-state index in [0.29, 0.717) is 10.7 Å². The van der Waals surface area contributed by atoms with Crippen molar-refractivity contribution in [2.24, 2.45) is 5.10 Å². The van der Waals surface area contributed by atoms with Crippen LogP contribution in [0.25, 0.3) is 0 Å². The summed E-state index contributed by atoms with van der Waals surface area (Å²) in [7, 11) is 0. The second kappa shape index (κ2) is 3.11. The Morgan fingerprint density at radius 1 is 1.77 bits per heavy atom. The molecule has 0 unspecified atom stereocenters. The number of rotatable bonds is 2. The molecule has 2 rings (SSSR count). The van der Waals surface area contributed by atoms with Crippen LogP contribution in [0, 0.1) is 16.1 Å². The molecule has 1 aliphatic rings. The van der Waals surface area contributed by atoms with E-state index in [9.17, 15) is 0 Å². The van der Waals surface area contributed by atoms with Crippen molar-refractivity contribution in [2.45, 2.75) is 18.8 Å². The summed E-state index contributed by atoms with van der Waals surface area (Å²) in [6.45, 7) is 0. The first-order chi connectivity index (χ1) is 6.33. The molecule has 1 aromatic heterocycles. The fraction of sp³-hybridized carbons (Fsp3) is 0.429. The first-order valence-corrected chi connectivity index (χ1v) is 4.33. The Kier molecular flexibility index (Phi) is 1.94. The lowest BCUT2D eigenvalue weighted by molar-refractivity contribution is 0.773. The van der Waals surface area contributed by atoms with Crippen LogP contribution in [0.1, 0.15) is 24.6 Å². The van der Waals surface area contributed by atoms with E-state index in [-0.39, 0.29) is 0 Å². The van der Waals surface area contributed by atoms with Crippen molar-refractivity contribution >= 4 is 18.4 Å². The first kappa shape index (κ1) is 8.13. The third kappa shape index (κ3) is 1.51. The number of aromatic amines is 1. The Balaban J connectivity index is 2.41. The molecule has 5 nitrogen and oxygen atoms in total. The van der Waals surface area contributed by atoms with Gasteiger partial charge in [0, 0.05) is 5.92 Å². The number of hydrogen-bond donors (Lipinski definition) is 1. The second-order valence-electron chi connectivity index (χ2n) is 2.85. The van der Waals surface area contributed by atoms with E-state index >= 15 is 0 Å². The molecule has 0 radical (unpaired) electrons. The van der Waals surface area contributed by atoms with Gasteiger partial charge in [0.25, 0.3) is 0 Å². The molecular weight excluding hydrogens is 186 g/mol. The Morgan fingerprint density at radius 3 is 3.15 bits per heavy atom. The molecule has 66 valence electrons. The lowest BCUT2D eigenvalue weighted by Gasteiger charge is -1.94. The van der Waals surface area contributed by atoms with Gasteiger partial charge < -0.3 is 0 Å². The molecular formula is C7H7N5S. The first-order valence-electron chi connectivity index (χ1n) is 3.92. The van der Waals surface area contributed by atoms with Gasteiger partial charge in [0.2, 0.25) is 4.77 Å². The van der Waals surface area contributed by atoms with Crippen molar-refractivity contribution < 1.29 is 0 Å². The summed E-state index contributed by atoms with van der Waals surface area (Å²) in [5.41, 5.74) is 0. The number of nitriles is 1. The third-order valence-corrected chi connectivity index (χ3v) is 2.11. The van der Waals surface area contributed by atoms with Gasteiger partial charge in [-0.05, 0) is 25.1 Å². The molecule has 0 aromatic carbocycles. The minimum absolute atomic E-state index is 0.438. The summed E-state index contributed by atoms with van der Waals surface area (Å²) in [4.78, 5) is 0. The summed E-state index contributed by atoms with van der Waals surface area (Å²) >= 11 is 4.95. The van der Waals surface area contributed by atoms with Crippen LogP contribution >= 0.6 is 12.2 Å². The molecule has 1 saturated carbocycles. The molecule has 6 heteroatoms. The molecule has 1 aliphatic carbocycles. The van der Waals surface area contributed by atoms with E-state index in [1.165, 1.54) is 4.68 Å². The minimum atomic E-state index is 0.438. The highest BCUT2D eigenvalue weighted by atomic mass is 32.1. The molecule has 1 heterocycles. The SMILES string of the molecule is N#C/C=N/n1c(C2CC2)n[nH]c1=S.